The lowest BCUT2D eigenvalue weighted by Crippen LogP contribution is -2.36. The van der Waals surface area contributed by atoms with Crippen LogP contribution in [-0.4, -0.2) is 29.8 Å². The van der Waals surface area contributed by atoms with Crippen LogP contribution in [-0.2, 0) is 0 Å². The van der Waals surface area contributed by atoms with Gasteiger partial charge >= 0.3 is 0 Å². The number of amides is 2. The molecule has 2 N–H and O–H groups in total. The van der Waals surface area contributed by atoms with E-state index in [4.69, 9.17) is 5.73 Å². The van der Waals surface area contributed by atoms with E-state index in [0.717, 1.165) is 36.8 Å². The van der Waals surface area contributed by atoms with Gasteiger partial charge in [-0.25, -0.2) is 0 Å². The van der Waals surface area contributed by atoms with Crippen LogP contribution in [0.5, 0.6) is 0 Å². The minimum Gasteiger partial charge on any atom is -0.366 e. The lowest BCUT2D eigenvalue weighted by Gasteiger charge is -2.27. The summed E-state index contributed by atoms with van der Waals surface area (Å²) in [6, 6.07) is 3.24. The molecule has 4 nitrogen and oxygen atoms in total. The molecule has 2 rings (SSSR count). The predicted octanol–water partition coefficient (Wildman–Crippen LogP) is 2.94. The van der Waals surface area contributed by atoms with Gasteiger partial charge in [0.2, 0.25) is 5.91 Å². The van der Waals surface area contributed by atoms with Crippen molar-refractivity contribution in [2.45, 2.75) is 19.3 Å². The van der Waals surface area contributed by atoms with Crippen molar-refractivity contribution in [3.8, 4) is 0 Å². The molecule has 0 radical (unpaired) electrons. The second kappa shape index (κ2) is 6.05. The summed E-state index contributed by atoms with van der Waals surface area (Å²) in [5.74, 6) is -0.713. The number of hydrogen-bond acceptors (Lipinski definition) is 2. The SMILES string of the molecule is NC(=O)c1cc(Br)c(Br)cc1C(=O)N1CCCCC1. The van der Waals surface area contributed by atoms with E-state index in [1.165, 1.54) is 0 Å². The van der Waals surface area contributed by atoms with E-state index in [0.29, 0.717) is 10.0 Å². The van der Waals surface area contributed by atoms with Crippen LogP contribution in [0.2, 0.25) is 0 Å². The Morgan fingerprint density at radius 2 is 1.53 bits per heavy atom. The fourth-order valence-electron chi connectivity index (χ4n) is 2.19. The van der Waals surface area contributed by atoms with Crippen LogP contribution in [0.15, 0.2) is 21.1 Å². The van der Waals surface area contributed by atoms with Gasteiger partial charge in [0, 0.05) is 22.0 Å². The number of nitrogens with zero attached hydrogens (tertiary/aromatic N) is 1. The molecule has 1 aromatic rings. The lowest BCUT2D eigenvalue weighted by atomic mass is 10.0. The molecular weight excluding hydrogens is 376 g/mol. The molecule has 1 fully saturated rings. The van der Waals surface area contributed by atoms with Crippen molar-refractivity contribution >= 4 is 43.7 Å². The minimum absolute atomic E-state index is 0.123. The molecule has 102 valence electrons. The molecule has 0 bridgehead atoms. The van der Waals surface area contributed by atoms with Crippen LogP contribution in [0.4, 0.5) is 0 Å². The van der Waals surface area contributed by atoms with E-state index < -0.39 is 5.91 Å². The molecule has 19 heavy (non-hydrogen) atoms. The summed E-state index contributed by atoms with van der Waals surface area (Å²) in [4.78, 5) is 25.7. The highest BCUT2D eigenvalue weighted by atomic mass is 79.9. The fourth-order valence-corrected chi connectivity index (χ4v) is 2.88. The molecule has 0 aliphatic carbocycles. The van der Waals surface area contributed by atoms with Crippen LogP contribution < -0.4 is 5.73 Å². The van der Waals surface area contributed by atoms with Crippen molar-refractivity contribution in [1.29, 1.82) is 0 Å². The van der Waals surface area contributed by atoms with E-state index in [-0.39, 0.29) is 11.5 Å². The van der Waals surface area contributed by atoms with Gasteiger partial charge < -0.3 is 10.6 Å². The average molecular weight is 390 g/mol. The predicted molar refractivity (Wildman–Crippen MR) is 80.1 cm³/mol. The first-order chi connectivity index (χ1) is 9.00. The van der Waals surface area contributed by atoms with E-state index in [1.54, 1.807) is 17.0 Å². The molecule has 1 aliphatic rings. The zero-order valence-electron chi connectivity index (χ0n) is 10.3. The van der Waals surface area contributed by atoms with Gasteiger partial charge in [0.1, 0.15) is 0 Å². The molecule has 1 aliphatic heterocycles. The molecular formula is C13H14Br2N2O2. The molecule has 1 saturated heterocycles. The van der Waals surface area contributed by atoms with Crippen LogP contribution in [0.3, 0.4) is 0 Å². The van der Waals surface area contributed by atoms with Gasteiger partial charge in [0.15, 0.2) is 0 Å². The third-order valence-electron chi connectivity index (χ3n) is 3.20. The first-order valence-electron chi connectivity index (χ1n) is 6.09. The topological polar surface area (TPSA) is 63.4 Å². The van der Waals surface area contributed by atoms with Gasteiger partial charge in [-0.3, -0.25) is 9.59 Å². The van der Waals surface area contributed by atoms with Crippen molar-refractivity contribution in [3.05, 3.63) is 32.2 Å². The van der Waals surface area contributed by atoms with E-state index in [9.17, 15) is 9.59 Å². The molecule has 0 unspecified atom stereocenters. The number of hydrogen-bond donors (Lipinski definition) is 1. The van der Waals surface area contributed by atoms with Crippen LogP contribution in [0.1, 0.15) is 40.0 Å². The minimum atomic E-state index is -0.589. The zero-order valence-corrected chi connectivity index (χ0v) is 13.5. The molecule has 6 heteroatoms. The number of piperidine rings is 1. The summed E-state index contributed by atoms with van der Waals surface area (Å²) in [6.07, 6.45) is 3.17. The van der Waals surface area contributed by atoms with E-state index in [1.807, 2.05) is 0 Å². The number of carbonyl (C=O) groups excluding carboxylic acids is 2. The summed E-state index contributed by atoms with van der Waals surface area (Å²) < 4.78 is 1.44. The molecule has 0 aromatic heterocycles. The highest BCUT2D eigenvalue weighted by Gasteiger charge is 2.23. The van der Waals surface area contributed by atoms with Crippen molar-refractivity contribution < 1.29 is 9.59 Å². The van der Waals surface area contributed by atoms with Gasteiger partial charge in [-0.15, -0.1) is 0 Å². The molecule has 1 aromatic carbocycles. The van der Waals surface area contributed by atoms with Crippen molar-refractivity contribution in [2.24, 2.45) is 5.73 Å². The van der Waals surface area contributed by atoms with Gasteiger partial charge in [-0.1, -0.05) is 0 Å². The summed E-state index contributed by atoms with van der Waals surface area (Å²) in [6.45, 7) is 1.48. The molecule has 2 amide bonds. The Bertz CT molecular complexity index is 526. The van der Waals surface area contributed by atoms with E-state index >= 15 is 0 Å². The number of halogens is 2. The number of primary amides is 1. The summed E-state index contributed by atoms with van der Waals surface area (Å²) >= 11 is 6.67. The maximum Gasteiger partial charge on any atom is 0.254 e. The Balaban J connectivity index is 2.39. The standard InChI is InChI=1S/C13H14Br2N2O2/c14-10-6-8(12(16)18)9(7-11(10)15)13(19)17-4-2-1-3-5-17/h6-7H,1-5H2,(H2,16,18). The normalized spacial score (nSPS) is 15.4. The fraction of sp³-hybridized carbons (Fsp3) is 0.385. The summed E-state index contributed by atoms with van der Waals surface area (Å²) in [7, 11) is 0. The van der Waals surface area contributed by atoms with Crippen molar-refractivity contribution in [1.82, 2.24) is 4.90 Å². The lowest BCUT2D eigenvalue weighted by molar-refractivity contribution is 0.0719. The largest absolute Gasteiger partial charge is 0.366 e. The Hall–Kier alpha value is -0.880. The molecule has 0 spiro atoms. The number of carbonyl (C=O) groups is 2. The first kappa shape index (κ1) is 14.5. The third-order valence-corrected chi connectivity index (χ3v) is 5.04. The molecule has 0 atom stereocenters. The zero-order chi connectivity index (χ0) is 14.0. The van der Waals surface area contributed by atoms with Crippen LogP contribution >= 0.6 is 31.9 Å². The van der Waals surface area contributed by atoms with Gasteiger partial charge in [0.25, 0.3) is 5.91 Å². The second-order valence-corrected chi connectivity index (χ2v) is 6.24. The number of rotatable bonds is 2. The van der Waals surface area contributed by atoms with Crippen molar-refractivity contribution in [3.63, 3.8) is 0 Å². The second-order valence-electron chi connectivity index (χ2n) is 4.53. The Kier molecular flexibility index (Phi) is 4.62. The van der Waals surface area contributed by atoms with Crippen LogP contribution in [0.25, 0.3) is 0 Å². The number of benzene rings is 1. The van der Waals surface area contributed by atoms with Gasteiger partial charge in [-0.2, -0.15) is 0 Å². The van der Waals surface area contributed by atoms with E-state index in [2.05, 4.69) is 31.9 Å². The van der Waals surface area contributed by atoms with Crippen LogP contribution in [0, 0.1) is 0 Å². The average Bonchev–Trinajstić information content (AvgIpc) is 2.41. The molecule has 0 saturated carbocycles. The maximum atomic E-state index is 12.5. The Morgan fingerprint density at radius 1 is 1.00 bits per heavy atom. The maximum absolute atomic E-state index is 12.5. The Morgan fingerprint density at radius 3 is 2.05 bits per heavy atom. The number of nitrogens with two attached hydrogens (primary N) is 1. The monoisotopic (exact) mass is 388 g/mol. The first-order valence-corrected chi connectivity index (χ1v) is 7.67. The highest BCUT2D eigenvalue weighted by molar-refractivity contribution is 9.13. The van der Waals surface area contributed by atoms with Gasteiger partial charge in [0.05, 0.1) is 11.1 Å². The summed E-state index contributed by atoms with van der Waals surface area (Å²) in [5.41, 5.74) is 5.98. The smallest absolute Gasteiger partial charge is 0.254 e. The quantitative estimate of drug-likeness (QED) is 0.845. The third kappa shape index (κ3) is 3.17. The van der Waals surface area contributed by atoms with Gasteiger partial charge in [-0.05, 0) is 63.3 Å². The van der Waals surface area contributed by atoms with Crippen molar-refractivity contribution in [2.75, 3.05) is 13.1 Å². The number of likely N-dealkylation sites (tertiary alicyclic amines) is 1. The highest BCUT2D eigenvalue weighted by Crippen LogP contribution is 2.28. The molecule has 1 heterocycles. The summed E-state index contributed by atoms with van der Waals surface area (Å²) in [5, 5.41) is 0. The Labute approximate surface area is 128 Å².